The fourth-order valence-corrected chi connectivity index (χ4v) is 3.57. The Labute approximate surface area is 175 Å². The zero-order chi connectivity index (χ0) is 20.2. The van der Waals surface area contributed by atoms with Crippen LogP contribution >= 0.6 is 12.2 Å². The molecule has 1 aliphatic rings. The molecule has 0 saturated heterocycles. The maximum atomic E-state index is 14.6. The van der Waals surface area contributed by atoms with Gasteiger partial charge < -0.3 is 5.32 Å². The van der Waals surface area contributed by atoms with Crippen molar-refractivity contribution in [3.05, 3.63) is 113 Å². The number of hydrogen-bond acceptors (Lipinski definition) is 2. The Morgan fingerprint density at radius 3 is 2.41 bits per heavy atom. The molecular formula is C24H22FN3S. The van der Waals surface area contributed by atoms with Gasteiger partial charge in [0.1, 0.15) is 11.9 Å². The third kappa shape index (κ3) is 4.30. The predicted octanol–water partition coefficient (Wildman–Crippen LogP) is 5.11. The minimum atomic E-state index is -0.344. The van der Waals surface area contributed by atoms with Crippen molar-refractivity contribution < 1.29 is 4.39 Å². The standard InChI is InChI=1S/C24H22FN3S/c1-17-11-13-19(14-12-17)22-15-23(20-9-5-6-10-21(20)25)28(27-22)24(29)26-16-18-7-3-2-4-8-18/h2-15,23,27H,16H2,1H3,(H,26,29)/t23-/m0/s1. The van der Waals surface area contributed by atoms with Gasteiger partial charge in [-0.3, -0.25) is 10.4 Å². The number of benzene rings is 3. The summed E-state index contributed by atoms with van der Waals surface area (Å²) < 4.78 is 14.6. The van der Waals surface area contributed by atoms with E-state index >= 15 is 0 Å². The zero-order valence-corrected chi connectivity index (χ0v) is 16.9. The normalized spacial score (nSPS) is 15.6. The summed E-state index contributed by atoms with van der Waals surface area (Å²) in [4.78, 5) is 0. The number of thiocarbonyl (C=S) groups is 1. The lowest BCUT2D eigenvalue weighted by Gasteiger charge is -2.28. The molecule has 1 aliphatic heterocycles. The van der Waals surface area contributed by atoms with Gasteiger partial charge >= 0.3 is 0 Å². The van der Waals surface area contributed by atoms with Gasteiger partial charge in [-0.1, -0.05) is 78.4 Å². The second-order valence-corrected chi connectivity index (χ2v) is 7.43. The summed E-state index contributed by atoms with van der Waals surface area (Å²) in [6, 6.07) is 24.7. The molecule has 0 saturated carbocycles. The first-order chi connectivity index (χ1) is 14.1. The van der Waals surface area contributed by atoms with Crippen LogP contribution in [0.3, 0.4) is 0 Å². The van der Waals surface area contributed by atoms with Crippen LogP contribution in [0.4, 0.5) is 4.39 Å². The van der Waals surface area contributed by atoms with Crippen LogP contribution in [0.25, 0.3) is 5.70 Å². The van der Waals surface area contributed by atoms with Crippen molar-refractivity contribution in [3.63, 3.8) is 0 Å². The number of rotatable bonds is 4. The molecule has 4 rings (SSSR count). The van der Waals surface area contributed by atoms with E-state index in [1.807, 2.05) is 47.5 Å². The number of nitrogens with one attached hydrogen (secondary N) is 2. The van der Waals surface area contributed by atoms with E-state index in [0.29, 0.717) is 17.2 Å². The van der Waals surface area contributed by atoms with Gasteiger partial charge in [-0.25, -0.2) is 4.39 Å². The van der Waals surface area contributed by atoms with Crippen LogP contribution in [0.15, 0.2) is 84.9 Å². The smallest absolute Gasteiger partial charge is 0.189 e. The van der Waals surface area contributed by atoms with Gasteiger partial charge in [0, 0.05) is 12.1 Å². The topological polar surface area (TPSA) is 27.3 Å². The molecule has 0 fully saturated rings. The quantitative estimate of drug-likeness (QED) is 0.592. The van der Waals surface area contributed by atoms with Gasteiger partial charge in [0.25, 0.3) is 0 Å². The Bertz CT molecular complexity index is 1030. The Hall–Kier alpha value is -3.18. The van der Waals surface area contributed by atoms with Crippen molar-refractivity contribution in [2.75, 3.05) is 0 Å². The van der Waals surface area contributed by atoms with Crippen molar-refractivity contribution in [1.82, 2.24) is 15.8 Å². The van der Waals surface area contributed by atoms with Crippen molar-refractivity contribution >= 4 is 23.0 Å². The summed E-state index contributed by atoms with van der Waals surface area (Å²) in [5, 5.41) is 5.61. The predicted molar refractivity (Wildman–Crippen MR) is 119 cm³/mol. The highest BCUT2D eigenvalue weighted by molar-refractivity contribution is 7.80. The van der Waals surface area contributed by atoms with Crippen molar-refractivity contribution in [2.45, 2.75) is 19.5 Å². The molecule has 3 aromatic rings. The second-order valence-electron chi connectivity index (χ2n) is 7.04. The average Bonchev–Trinajstić information content (AvgIpc) is 3.19. The number of nitrogens with zero attached hydrogens (tertiary/aromatic N) is 1. The van der Waals surface area contributed by atoms with E-state index in [0.717, 1.165) is 16.8 Å². The molecule has 3 aromatic carbocycles. The summed E-state index contributed by atoms with van der Waals surface area (Å²) in [6.07, 6.45) is 2.01. The van der Waals surface area contributed by atoms with Crippen LogP contribution < -0.4 is 10.7 Å². The van der Waals surface area contributed by atoms with E-state index in [9.17, 15) is 4.39 Å². The second kappa shape index (κ2) is 8.45. The number of halogens is 1. The fourth-order valence-electron chi connectivity index (χ4n) is 3.34. The largest absolute Gasteiger partial charge is 0.357 e. The molecule has 1 heterocycles. The molecule has 0 spiro atoms. The summed E-state index contributed by atoms with van der Waals surface area (Å²) in [5.41, 5.74) is 8.19. The molecule has 1 atom stereocenters. The van der Waals surface area contributed by atoms with Gasteiger partial charge in [-0.15, -0.1) is 0 Å². The zero-order valence-electron chi connectivity index (χ0n) is 16.1. The number of aryl methyl sites for hydroxylation is 1. The van der Waals surface area contributed by atoms with Crippen LogP contribution in [-0.4, -0.2) is 10.1 Å². The van der Waals surface area contributed by atoms with E-state index in [4.69, 9.17) is 12.2 Å². The third-order valence-corrected chi connectivity index (χ3v) is 5.28. The van der Waals surface area contributed by atoms with E-state index in [2.05, 4.69) is 41.9 Å². The SMILES string of the molecule is Cc1ccc(C2=C[C@@H](c3ccccc3F)N(C(=S)NCc3ccccc3)N2)cc1. The van der Waals surface area contributed by atoms with E-state index in [1.54, 1.807) is 12.1 Å². The summed E-state index contributed by atoms with van der Waals surface area (Å²) >= 11 is 5.65. The fraction of sp³-hybridized carbons (Fsp3) is 0.125. The first-order valence-electron chi connectivity index (χ1n) is 9.53. The maximum Gasteiger partial charge on any atom is 0.189 e. The molecule has 29 heavy (non-hydrogen) atoms. The Balaban J connectivity index is 1.60. The van der Waals surface area contributed by atoms with Gasteiger partial charge in [0.05, 0.1) is 5.70 Å². The minimum absolute atomic E-state index is 0.253. The molecule has 0 unspecified atom stereocenters. The Morgan fingerprint density at radius 1 is 1.00 bits per heavy atom. The summed E-state index contributed by atoms with van der Waals surface area (Å²) in [5.74, 6) is -0.253. The molecule has 0 radical (unpaired) electrons. The lowest BCUT2D eigenvalue weighted by Crippen LogP contribution is -2.45. The van der Waals surface area contributed by atoms with Gasteiger partial charge in [-0.05, 0) is 42.4 Å². The van der Waals surface area contributed by atoms with Crippen LogP contribution in [0.2, 0.25) is 0 Å². The maximum absolute atomic E-state index is 14.6. The molecule has 0 bridgehead atoms. The lowest BCUT2D eigenvalue weighted by molar-refractivity contribution is 0.330. The molecule has 0 amide bonds. The number of hydrazine groups is 1. The van der Waals surface area contributed by atoms with E-state index < -0.39 is 0 Å². The summed E-state index contributed by atoms with van der Waals surface area (Å²) in [6.45, 7) is 2.65. The number of hydrogen-bond donors (Lipinski definition) is 2. The van der Waals surface area contributed by atoms with E-state index in [-0.39, 0.29) is 11.9 Å². The molecular weight excluding hydrogens is 381 g/mol. The highest BCUT2D eigenvalue weighted by Gasteiger charge is 2.30. The molecule has 0 aliphatic carbocycles. The first kappa shape index (κ1) is 19.2. The molecule has 5 heteroatoms. The molecule has 2 N–H and O–H groups in total. The average molecular weight is 404 g/mol. The lowest BCUT2D eigenvalue weighted by atomic mass is 10.0. The highest BCUT2D eigenvalue weighted by atomic mass is 32.1. The molecule has 0 aromatic heterocycles. The van der Waals surface area contributed by atoms with Gasteiger partial charge in [-0.2, -0.15) is 0 Å². The first-order valence-corrected chi connectivity index (χ1v) is 9.93. The van der Waals surface area contributed by atoms with Gasteiger partial charge in [0.15, 0.2) is 5.11 Å². The third-order valence-electron chi connectivity index (χ3n) is 4.94. The van der Waals surface area contributed by atoms with Crippen LogP contribution in [0.1, 0.15) is 28.3 Å². The van der Waals surface area contributed by atoms with Crippen LogP contribution in [-0.2, 0) is 6.54 Å². The van der Waals surface area contributed by atoms with Crippen molar-refractivity contribution in [2.24, 2.45) is 0 Å². The van der Waals surface area contributed by atoms with Crippen LogP contribution in [0, 0.1) is 12.7 Å². The monoisotopic (exact) mass is 403 g/mol. The van der Waals surface area contributed by atoms with Crippen LogP contribution in [0.5, 0.6) is 0 Å². The molecule has 146 valence electrons. The highest BCUT2D eigenvalue weighted by Crippen LogP contribution is 2.32. The summed E-state index contributed by atoms with van der Waals surface area (Å²) in [7, 11) is 0. The van der Waals surface area contributed by atoms with Crippen molar-refractivity contribution in [1.29, 1.82) is 0 Å². The Kier molecular flexibility index (Phi) is 5.58. The van der Waals surface area contributed by atoms with Gasteiger partial charge in [0.2, 0.25) is 0 Å². The minimum Gasteiger partial charge on any atom is -0.357 e. The van der Waals surface area contributed by atoms with E-state index in [1.165, 1.54) is 11.6 Å². The van der Waals surface area contributed by atoms with Crippen molar-refractivity contribution in [3.8, 4) is 0 Å². The Morgan fingerprint density at radius 2 is 1.69 bits per heavy atom. The molecule has 3 nitrogen and oxygen atoms in total.